The minimum atomic E-state index is -4.28. The number of carbonyl (C=O) groups is 1. The van der Waals surface area contributed by atoms with E-state index in [2.05, 4.69) is 0 Å². The van der Waals surface area contributed by atoms with E-state index in [9.17, 15) is 22.0 Å². The molecule has 0 saturated carbocycles. The largest absolute Gasteiger partial charge is 0.480 e. The Labute approximate surface area is 103 Å². The SMILES string of the molecule is CCN(CC(=O)O)S(=O)(=O)c1ccc(F)cc1F. The highest BCUT2D eigenvalue weighted by Crippen LogP contribution is 2.19. The molecule has 0 aliphatic rings. The molecule has 0 heterocycles. The summed E-state index contributed by atoms with van der Waals surface area (Å²) in [5.41, 5.74) is 0. The lowest BCUT2D eigenvalue weighted by Crippen LogP contribution is -2.35. The molecule has 0 bridgehead atoms. The van der Waals surface area contributed by atoms with Crippen molar-refractivity contribution < 1.29 is 27.1 Å². The second-order valence-electron chi connectivity index (χ2n) is 3.40. The summed E-state index contributed by atoms with van der Waals surface area (Å²) in [6.45, 7) is 0.503. The molecule has 8 heteroatoms. The van der Waals surface area contributed by atoms with Crippen molar-refractivity contribution in [3.63, 3.8) is 0 Å². The van der Waals surface area contributed by atoms with Gasteiger partial charge in [0.1, 0.15) is 23.1 Å². The molecule has 0 saturated heterocycles. The number of aliphatic carboxylic acids is 1. The molecule has 0 unspecified atom stereocenters. The van der Waals surface area contributed by atoms with Crippen molar-refractivity contribution in [2.75, 3.05) is 13.1 Å². The van der Waals surface area contributed by atoms with Crippen LogP contribution in [-0.4, -0.2) is 36.9 Å². The molecule has 0 atom stereocenters. The molecule has 0 amide bonds. The van der Waals surface area contributed by atoms with Crippen LogP contribution in [0.15, 0.2) is 23.1 Å². The van der Waals surface area contributed by atoms with Crippen LogP contribution in [0.3, 0.4) is 0 Å². The van der Waals surface area contributed by atoms with Crippen LogP contribution < -0.4 is 0 Å². The normalized spacial score (nSPS) is 11.8. The van der Waals surface area contributed by atoms with Gasteiger partial charge in [-0.3, -0.25) is 4.79 Å². The van der Waals surface area contributed by atoms with Crippen molar-refractivity contribution in [1.29, 1.82) is 0 Å². The fourth-order valence-electron chi connectivity index (χ4n) is 1.34. The zero-order chi connectivity index (χ0) is 13.9. The van der Waals surface area contributed by atoms with Crippen LogP contribution in [0.4, 0.5) is 8.78 Å². The van der Waals surface area contributed by atoms with E-state index in [-0.39, 0.29) is 6.54 Å². The van der Waals surface area contributed by atoms with Gasteiger partial charge in [0.25, 0.3) is 0 Å². The van der Waals surface area contributed by atoms with Crippen LogP contribution in [0.1, 0.15) is 6.92 Å². The fourth-order valence-corrected chi connectivity index (χ4v) is 2.78. The Kier molecular flexibility index (Phi) is 4.36. The fraction of sp³-hybridized carbons (Fsp3) is 0.300. The summed E-state index contributed by atoms with van der Waals surface area (Å²) < 4.78 is 50.5. The highest BCUT2D eigenvalue weighted by molar-refractivity contribution is 7.89. The van der Waals surface area contributed by atoms with Gasteiger partial charge < -0.3 is 5.11 Å². The quantitative estimate of drug-likeness (QED) is 0.874. The van der Waals surface area contributed by atoms with Crippen molar-refractivity contribution in [2.45, 2.75) is 11.8 Å². The maximum absolute atomic E-state index is 13.4. The first-order valence-corrected chi connectivity index (χ1v) is 6.40. The van der Waals surface area contributed by atoms with E-state index in [1.807, 2.05) is 0 Å². The van der Waals surface area contributed by atoms with Gasteiger partial charge in [0, 0.05) is 12.6 Å². The lowest BCUT2D eigenvalue weighted by molar-refractivity contribution is -0.137. The second-order valence-corrected chi connectivity index (χ2v) is 5.31. The van der Waals surface area contributed by atoms with Crippen molar-refractivity contribution in [3.05, 3.63) is 29.8 Å². The van der Waals surface area contributed by atoms with Crippen LogP contribution in [0.2, 0.25) is 0 Å². The highest BCUT2D eigenvalue weighted by Gasteiger charge is 2.28. The summed E-state index contributed by atoms with van der Waals surface area (Å²) in [5.74, 6) is -3.52. The second kappa shape index (κ2) is 5.40. The molecule has 100 valence electrons. The number of hydrogen-bond acceptors (Lipinski definition) is 3. The van der Waals surface area contributed by atoms with Crippen LogP contribution >= 0.6 is 0 Å². The minimum absolute atomic E-state index is 0.133. The van der Waals surface area contributed by atoms with E-state index in [0.717, 1.165) is 12.1 Å². The van der Waals surface area contributed by atoms with E-state index < -0.39 is 39.1 Å². The third kappa shape index (κ3) is 3.02. The summed E-state index contributed by atoms with van der Waals surface area (Å²) in [6, 6.07) is 2.00. The Morgan fingerprint density at radius 1 is 1.39 bits per heavy atom. The lowest BCUT2D eigenvalue weighted by Gasteiger charge is -2.18. The molecule has 18 heavy (non-hydrogen) atoms. The molecule has 0 aromatic heterocycles. The Bertz CT molecular complexity index is 559. The Balaban J connectivity index is 3.23. The van der Waals surface area contributed by atoms with E-state index in [1.165, 1.54) is 6.92 Å². The molecule has 1 rings (SSSR count). The van der Waals surface area contributed by atoms with Gasteiger partial charge in [-0.1, -0.05) is 6.92 Å². The molecule has 0 aliphatic carbocycles. The summed E-state index contributed by atoms with van der Waals surface area (Å²) in [5, 5.41) is 8.58. The van der Waals surface area contributed by atoms with Crippen LogP contribution in [0.5, 0.6) is 0 Å². The zero-order valence-corrected chi connectivity index (χ0v) is 10.2. The first kappa shape index (κ1) is 14.5. The van der Waals surface area contributed by atoms with Gasteiger partial charge in [0.05, 0.1) is 0 Å². The molecular formula is C10H11F2NO4S. The number of benzene rings is 1. The number of nitrogens with zero attached hydrogens (tertiary/aromatic N) is 1. The molecule has 0 spiro atoms. The molecule has 0 radical (unpaired) electrons. The third-order valence-corrected chi connectivity index (χ3v) is 4.13. The summed E-state index contributed by atoms with van der Waals surface area (Å²) in [4.78, 5) is 9.78. The number of hydrogen-bond donors (Lipinski definition) is 1. The van der Waals surface area contributed by atoms with Crippen molar-refractivity contribution in [1.82, 2.24) is 4.31 Å². The van der Waals surface area contributed by atoms with Crippen molar-refractivity contribution >= 4 is 16.0 Å². The van der Waals surface area contributed by atoms with Gasteiger partial charge in [-0.25, -0.2) is 17.2 Å². The highest BCUT2D eigenvalue weighted by atomic mass is 32.2. The Hall–Kier alpha value is -1.54. The molecule has 1 aromatic rings. The summed E-state index contributed by atoms with van der Waals surface area (Å²) in [6.07, 6.45) is 0. The maximum Gasteiger partial charge on any atom is 0.318 e. The number of halogens is 2. The number of likely N-dealkylation sites (N-methyl/N-ethyl adjacent to an activating group) is 1. The first-order chi connectivity index (χ1) is 8.28. The lowest BCUT2D eigenvalue weighted by atomic mass is 10.3. The predicted octanol–water partition coefficient (Wildman–Crippen LogP) is 1.06. The molecule has 0 aliphatic heterocycles. The Morgan fingerprint density at radius 2 is 2.00 bits per heavy atom. The third-order valence-electron chi connectivity index (χ3n) is 2.18. The summed E-state index contributed by atoms with van der Waals surface area (Å²) in [7, 11) is -4.28. The molecule has 1 N–H and O–H groups in total. The number of carboxylic acids is 1. The molecule has 1 aromatic carbocycles. The van der Waals surface area contributed by atoms with Gasteiger partial charge in [-0.2, -0.15) is 4.31 Å². The van der Waals surface area contributed by atoms with Crippen molar-refractivity contribution in [3.8, 4) is 0 Å². The van der Waals surface area contributed by atoms with E-state index in [4.69, 9.17) is 5.11 Å². The number of rotatable bonds is 5. The topological polar surface area (TPSA) is 74.7 Å². The first-order valence-electron chi connectivity index (χ1n) is 4.96. The maximum atomic E-state index is 13.4. The van der Waals surface area contributed by atoms with Gasteiger partial charge in [0.15, 0.2) is 0 Å². The van der Waals surface area contributed by atoms with Crippen LogP contribution in [-0.2, 0) is 14.8 Å². The summed E-state index contributed by atoms with van der Waals surface area (Å²) >= 11 is 0. The van der Waals surface area contributed by atoms with Crippen molar-refractivity contribution in [2.24, 2.45) is 0 Å². The zero-order valence-electron chi connectivity index (χ0n) is 9.43. The van der Waals surface area contributed by atoms with Crippen LogP contribution in [0.25, 0.3) is 0 Å². The van der Waals surface area contributed by atoms with Gasteiger partial charge in [-0.05, 0) is 12.1 Å². The molecule has 0 fully saturated rings. The van der Waals surface area contributed by atoms with Gasteiger partial charge in [0.2, 0.25) is 10.0 Å². The van der Waals surface area contributed by atoms with E-state index >= 15 is 0 Å². The molecule has 5 nitrogen and oxygen atoms in total. The average Bonchev–Trinajstić information content (AvgIpc) is 2.24. The van der Waals surface area contributed by atoms with Crippen LogP contribution in [0, 0.1) is 11.6 Å². The minimum Gasteiger partial charge on any atom is -0.480 e. The van der Waals surface area contributed by atoms with Gasteiger partial charge >= 0.3 is 5.97 Å². The van der Waals surface area contributed by atoms with E-state index in [1.54, 1.807) is 0 Å². The van der Waals surface area contributed by atoms with E-state index in [0.29, 0.717) is 10.4 Å². The average molecular weight is 279 g/mol. The standard InChI is InChI=1S/C10H11F2NO4S/c1-2-13(6-10(14)15)18(16,17)9-4-3-7(11)5-8(9)12/h3-5H,2,6H2,1H3,(H,14,15). The smallest absolute Gasteiger partial charge is 0.318 e. The number of carboxylic acid groups (broad SMARTS) is 1. The predicted molar refractivity (Wildman–Crippen MR) is 58.4 cm³/mol. The Morgan fingerprint density at radius 3 is 2.44 bits per heavy atom. The molecular weight excluding hydrogens is 268 g/mol. The van der Waals surface area contributed by atoms with Gasteiger partial charge in [-0.15, -0.1) is 0 Å². The number of sulfonamides is 1. The monoisotopic (exact) mass is 279 g/mol.